The maximum Gasteiger partial charge on any atom is 0.319 e. The van der Waals surface area contributed by atoms with Gasteiger partial charge < -0.3 is 16.0 Å². The van der Waals surface area contributed by atoms with E-state index >= 15 is 0 Å². The van der Waals surface area contributed by atoms with E-state index in [9.17, 15) is 18.0 Å². The van der Waals surface area contributed by atoms with Crippen LogP contribution >= 0.6 is 11.6 Å². The molecule has 0 unspecified atom stereocenters. The van der Waals surface area contributed by atoms with Crippen LogP contribution in [0.15, 0.2) is 18.2 Å². The number of amides is 3. The number of rotatable bonds is 6. The first-order valence-corrected chi connectivity index (χ1v) is 10.8. The Kier molecular flexibility index (Phi) is 7.46. The summed E-state index contributed by atoms with van der Waals surface area (Å²) in [6, 6.07) is 4.29. The van der Waals surface area contributed by atoms with Crippen molar-refractivity contribution in [3.63, 3.8) is 0 Å². The Labute approximate surface area is 164 Å². The fraction of sp³-hybridized carbons (Fsp3) is 0.529. The molecule has 2 rings (SSSR count). The molecule has 27 heavy (non-hydrogen) atoms. The Morgan fingerprint density at radius 2 is 1.89 bits per heavy atom. The topological polar surface area (TPSA) is 108 Å². The van der Waals surface area contributed by atoms with Crippen LogP contribution in [0.4, 0.5) is 16.2 Å². The van der Waals surface area contributed by atoms with Crippen molar-refractivity contribution in [1.29, 1.82) is 0 Å². The second kappa shape index (κ2) is 9.38. The van der Waals surface area contributed by atoms with Crippen LogP contribution in [0.25, 0.3) is 0 Å². The summed E-state index contributed by atoms with van der Waals surface area (Å²) in [7, 11) is -3.19. The summed E-state index contributed by atoms with van der Waals surface area (Å²) < 4.78 is 25.6. The van der Waals surface area contributed by atoms with Crippen molar-refractivity contribution in [1.82, 2.24) is 9.62 Å². The van der Waals surface area contributed by atoms with Crippen LogP contribution in [-0.2, 0) is 14.8 Å². The first-order chi connectivity index (χ1) is 12.7. The van der Waals surface area contributed by atoms with Gasteiger partial charge in [-0.25, -0.2) is 17.5 Å². The molecule has 1 fully saturated rings. The number of halogens is 1. The fourth-order valence-electron chi connectivity index (χ4n) is 2.91. The van der Waals surface area contributed by atoms with Crippen LogP contribution in [0.2, 0.25) is 5.02 Å². The summed E-state index contributed by atoms with van der Waals surface area (Å²) in [5.41, 5.74) is 0.963. The minimum absolute atomic E-state index is 0.101. The van der Waals surface area contributed by atoms with Crippen LogP contribution in [0.5, 0.6) is 0 Å². The minimum Gasteiger partial charge on any atom is -0.335 e. The monoisotopic (exact) mass is 416 g/mol. The summed E-state index contributed by atoms with van der Waals surface area (Å²) in [4.78, 5) is 23.2. The lowest BCUT2D eigenvalue weighted by molar-refractivity contribution is -0.114. The lowest BCUT2D eigenvalue weighted by Crippen LogP contribution is -2.48. The third-order valence-corrected chi connectivity index (χ3v) is 6.57. The first kappa shape index (κ1) is 21.5. The zero-order chi connectivity index (χ0) is 20.0. The molecular weight excluding hydrogens is 392 g/mol. The number of carbonyl (C=O) groups is 2. The highest BCUT2D eigenvalue weighted by molar-refractivity contribution is 7.89. The fourth-order valence-corrected chi connectivity index (χ4v) is 4.68. The SMILES string of the molecule is CCCS(=O)(=O)N1CCC(NC(=O)Nc2ccc(NC(C)=O)cc2Cl)CC1. The van der Waals surface area contributed by atoms with E-state index < -0.39 is 16.1 Å². The highest BCUT2D eigenvalue weighted by atomic mass is 35.5. The molecule has 3 N–H and O–H groups in total. The largest absolute Gasteiger partial charge is 0.335 e. The molecule has 0 aromatic heterocycles. The van der Waals surface area contributed by atoms with Gasteiger partial charge in [-0.1, -0.05) is 18.5 Å². The highest BCUT2D eigenvalue weighted by Crippen LogP contribution is 2.25. The third-order valence-electron chi connectivity index (χ3n) is 4.18. The van der Waals surface area contributed by atoms with Crippen LogP contribution in [-0.4, -0.2) is 49.5 Å². The zero-order valence-corrected chi connectivity index (χ0v) is 17.0. The van der Waals surface area contributed by atoms with Gasteiger partial charge in [-0.3, -0.25) is 4.79 Å². The van der Waals surface area contributed by atoms with Gasteiger partial charge in [0.05, 0.1) is 16.5 Å². The Morgan fingerprint density at radius 1 is 1.22 bits per heavy atom. The van der Waals surface area contributed by atoms with Crippen LogP contribution in [0.3, 0.4) is 0 Å². The average molecular weight is 417 g/mol. The third kappa shape index (κ3) is 6.37. The van der Waals surface area contributed by atoms with Gasteiger partial charge in [-0.15, -0.1) is 0 Å². The number of hydrogen-bond acceptors (Lipinski definition) is 4. The molecule has 1 saturated heterocycles. The normalized spacial score (nSPS) is 16.0. The highest BCUT2D eigenvalue weighted by Gasteiger charge is 2.28. The predicted octanol–water partition coefficient (Wildman–Crippen LogP) is 2.62. The summed E-state index contributed by atoms with van der Waals surface area (Å²) >= 11 is 6.13. The van der Waals surface area contributed by atoms with E-state index in [1.807, 2.05) is 6.92 Å². The molecule has 1 aromatic carbocycles. The maximum absolute atomic E-state index is 12.2. The van der Waals surface area contributed by atoms with Gasteiger partial charge in [0.15, 0.2) is 0 Å². The summed E-state index contributed by atoms with van der Waals surface area (Å²) in [6.45, 7) is 4.04. The molecule has 1 aliphatic heterocycles. The van der Waals surface area contributed by atoms with Gasteiger partial charge in [0.2, 0.25) is 15.9 Å². The number of hydrogen-bond donors (Lipinski definition) is 3. The number of anilines is 2. The number of carbonyl (C=O) groups excluding carboxylic acids is 2. The summed E-state index contributed by atoms with van der Waals surface area (Å²) in [5.74, 6) is -0.0599. The van der Waals surface area contributed by atoms with E-state index in [1.54, 1.807) is 18.2 Å². The molecule has 0 atom stereocenters. The lowest BCUT2D eigenvalue weighted by Gasteiger charge is -2.31. The molecule has 0 saturated carbocycles. The van der Waals surface area contributed by atoms with Crippen LogP contribution < -0.4 is 16.0 Å². The Hall–Kier alpha value is -1.84. The molecular formula is C17H25ClN4O4S. The van der Waals surface area contributed by atoms with E-state index in [-0.39, 0.29) is 17.7 Å². The molecule has 10 heteroatoms. The lowest BCUT2D eigenvalue weighted by atomic mass is 10.1. The number of sulfonamides is 1. The van der Waals surface area contributed by atoms with E-state index in [2.05, 4.69) is 16.0 Å². The van der Waals surface area contributed by atoms with Crippen molar-refractivity contribution < 1.29 is 18.0 Å². The molecule has 8 nitrogen and oxygen atoms in total. The van der Waals surface area contributed by atoms with Gasteiger partial charge in [0.25, 0.3) is 0 Å². The number of nitrogens with zero attached hydrogens (tertiary/aromatic N) is 1. The molecule has 3 amide bonds. The van der Waals surface area contributed by atoms with E-state index in [4.69, 9.17) is 11.6 Å². The number of piperidine rings is 1. The van der Waals surface area contributed by atoms with Crippen molar-refractivity contribution in [2.24, 2.45) is 0 Å². The van der Waals surface area contributed by atoms with Gasteiger partial charge in [0.1, 0.15) is 0 Å². The van der Waals surface area contributed by atoms with E-state index in [1.165, 1.54) is 11.2 Å². The molecule has 1 aromatic rings. The van der Waals surface area contributed by atoms with E-state index in [0.717, 1.165) is 0 Å². The Balaban J connectivity index is 1.86. The standard InChI is InChI=1S/C17H25ClN4O4S/c1-3-10-27(25,26)22-8-6-13(7-9-22)20-17(24)21-16-5-4-14(11-15(16)18)19-12(2)23/h4-5,11,13H,3,6-10H2,1-2H3,(H,19,23)(H2,20,21,24). The molecule has 0 spiro atoms. The molecule has 0 bridgehead atoms. The first-order valence-electron chi connectivity index (χ1n) is 8.83. The van der Waals surface area contributed by atoms with Crippen molar-refractivity contribution in [3.8, 4) is 0 Å². The second-order valence-electron chi connectivity index (χ2n) is 6.46. The van der Waals surface area contributed by atoms with Crippen molar-refractivity contribution >= 4 is 44.9 Å². The van der Waals surface area contributed by atoms with Gasteiger partial charge in [-0.2, -0.15) is 0 Å². The van der Waals surface area contributed by atoms with Crippen molar-refractivity contribution in [3.05, 3.63) is 23.2 Å². The van der Waals surface area contributed by atoms with Crippen LogP contribution in [0, 0.1) is 0 Å². The summed E-state index contributed by atoms with van der Waals surface area (Å²) in [5, 5.41) is 8.43. The molecule has 0 aliphatic carbocycles. The quantitative estimate of drug-likeness (QED) is 0.662. The Morgan fingerprint density at radius 3 is 2.44 bits per heavy atom. The van der Waals surface area contributed by atoms with Crippen molar-refractivity contribution in [2.45, 2.75) is 39.2 Å². The zero-order valence-electron chi connectivity index (χ0n) is 15.4. The number of benzene rings is 1. The average Bonchev–Trinajstić information content (AvgIpc) is 2.57. The van der Waals surface area contributed by atoms with Gasteiger partial charge in [0, 0.05) is 31.7 Å². The summed E-state index contributed by atoms with van der Waals surface area (Å²) in [6.07, 6.45) is 1.71. The second-order valence-corrected chi connectivity index (χ2v) is 8.96. The Bertz CT molecular complexity index is 792. The maximum atomic E-state index is 12.2. The molecule has 1 aliphatic rings. The molecule has 0 radical (unpaired) electrons. The predicted molar refractivity (Wildman–Crippen MR) is 107 cm³/mol. The van der Waals surface area contributed by atoms with Crippen LogP contribution in [0.1, 0.15) is 33.1 Å². The molecule has 150 valence electrons. The number of nitrogens with one attached hydrogen (secondary N) is 3. The van der Waals surface area contributed by atoms with E-state index in [0.29, 0.717) is 48.7 Å². The molecule has 1 heterocycles. The van der Waals surface area contributed by atoms with Crippen molar-refractivity contribution in [2.75, 3.05) is 29.5 Å². The smallest absolute Gasteiger partial charge is 0.319 e. The minimum atomic E-state index is -3.19. The van der Waals surface area contributed by atoms with Gasteiger partial charge in [-0.05, 0) is 37.5 Å². The number of urea groups is 1. The van der Waals surface area contributed by atoms with Gasteiger partial charge >= 0.3 is 6.03 Å².